The topological polar surface area (TPSA) is 0 Å². The van der Waals surface area contributed by atoms with Gasteiger partial charge in [-0.15, -0.1) is 0 Å². The van der Waals surface area contributed by atoms with Crippen molar-refractivity contribution in [2.24, 2.45) is 0 Å². The Labute approximate surface area is 141 Å². The summed E-state index contributed by atoms with van der Waals surface area (Å²) in [5.74, 6) is 0. The van der Waals surface area contributed by atoms with Crippen molar-refractivity contribution in [2.75, 3.05) is 0 Å². The molecule has 0 spiro atoms. The lowest BCUT2D eigenvalue weighted by atomic mass is 9.96. The minimum absolute atomic E-state index is 1.31. The fraction of sp³-hybridized carbons (Fsp3) is 0.0833. The molecule has 0 heteroatoms. The van der Waals surface area contributed by atoms with Gasteiger partial charge in [-0.05, 0) is 93.3 Å². The average Bonchev–Trinajstić information content (AvgIpc) is 2.56. The average molecular weight is 306 g/mol. The molecule has 0 fully saturated rings. The largest absolute Gasteiger partial charge is 0.0587 e. The number of benzene rings is 5. The number of hydrogen-bond donors (Lipinski definition) is 0. The van der Waals surface area contributed by atoms with Crippen LogP contribution in [0, 0.1) is 13.8 Å². The molecule has 0 nitrogen and oxygen atoms in total. The fourth-order valence-electron chi connectivity index (χ4n) is 3.74. The first-order valence-corrected chi connectivity index (χ1v) is 8.44. The van der Waals surface area contributed by atoms with Crippen molar-refractivity contribution in [2.45, 2.75) is 13.8 Å². The maximum absolute atomic E-state index is 2.33. The quantitative estimate of drug-likeness (QED) is 0.272. The predicted octanol–water partition coefficient (Wildman–Crippen LogP) is 6.92. The van der Waals surface area contributed by atoms with E-state index in [9.17, 15) is 0 Å². The van der Waals surface area contributed by atoms with Gasteiger partial charge in [0.15, 0.2) is 0 Å². The van der Waals surface area contributed by atoms with Crippen LogP contribution in [0.2, 0.25) is 0 Å². The maximum Gasteiger partial charge on any atom is -0.0171 e. The molecule has 0 amide bonds. The molecule has 0 saturated carbocycles. The molecule has 0 unspecified atom stereocenters. The van der Waals surface area contributed by atoms with Crippen molar-refractivity contribution in [1.82, 2.24) is 0 Å². The van der Waals surface area contributed by atoms with E-state index in [1.54, 1.807) is 0 Å². The molecule has 0 aromatic heterocycles. The van der Waals surface area contributed by atoms with Crippen molar-refractivity contribution < 1.29 is 0 Å². The van der Waals surface area contributed by atoms with E-state index < -0.39 is 0 Å². The van der Waals surface area contributed by atoms with Crippen LogP contribution in [-0.2, 0) is 0 Å². The highest BCUT2D eigenvalue weighted by Gasteiger charge is 2.04. The fourth-order valence-corrected chi connectivity index (χ4v) is 3.74. The van der Waals surface area contributed by atoms with Gasteiger partial charge in [0.2, 0.25) is 0 Å². The molecule has 5 aromatic carbocycles. The second kappa shape index (κ2) is 4.82. The van der Waals surface area contributed by atoms with Gasteiger partial charge in [-0.25, -0.2) is 0 Å². The first kappa shape index (κ1) is 13.6. The Kier molecular flexibility index (Phi) is 2.72. The molecule has 0 aliphatic carbocycles. The Morgan fingerprint density at radius 1 is 0.333 bits per heavy atom. The molecule has 0 aliphatic heterocycles. The van der Waals surface area contributed by atoms with E-state index in [-0.39, 0.29) is 0 Å². The van der Waals surface area contributed by atoms with E-state index >= 15 is 0 Å². The lowest BCUT2D eigenvalue weighted by Crippen LogP contribution is -1.82. The first-order chi connectivity index (χ1) is 11.7. The maximum atomic E-state index is 2.33. The zero-order valence-electron chi connectivity index (χ0n) is 13.9. The van der Waals surface area contributed by atoms with E-state index in [4.69, 9.17) is 0 Å². The van der Waals surface area contributed by atoms with Crippen molar-refractivity contribution in [3.63, 3.8) is 0 Å². The van der Waals surface area contributed by atoms with Gasteiger partial charge in [0.1, 0.15) is 0 Å². The summed E-state index contributed by atoms with van der Waals surface area (Å²) in [6.07, 6.45) is 0. The number of fused-ring (bicyclic) bond motifs is 4. The van der Waals surface area contributed by atoms with E-state index in [0.29, 0.717) is 0 Å². The second-order valence-electron chi connectivity index (χ2n) is 6.95. The predicted molar refractivity (Wildman–Crippen MR) is 106 cm³/mol. The SMILES string of the molecule is Cc1ccc2cc3cc4cc5ccc(C)cc5cc4cc3cc2c1. The zero-order chi connectivity index (χ0) is 16.3. The highest BCUT2D eigenvalue weighted by atomic mass is 14.1. The van der Waals surface area contributed by atoms with Crippen molar-refractivity contribution in [3.8, 4) is 0 Å². The molecule has 0 saturated heterocycles. The van der Waals surface area contributed by atoms with Gasteiger partial charge in [-0.1, -0.05) is 47.5 Å². The van der Waals surface area contributed by atoms with Crippen LogP contribution in [0.5, 0.6) is 0 Å². The van der Waals surface area contributed by atoms with Gasteiger partial charge >= 0.3 is 0 Å². The van der Waals surface area contributed by atoms with Crippen LogP contribution in [0.3, 0.4) is 0 Å². The Hall–Kier alpha value is -2.86. The summed E-state index contributed by atoms with van der Waals surface area (Å²) < 4.78 is 0. The Morgan fingerprint density at radius 3 is 1.00 bits per heavy atom. The van der Waals surface area contributed by atoms with Gasteiger partial charge in [0.05, 0.1) is 0 Å². The van der Waals surface area contributed by atoms with Crippen LogP contribution in [0.1, 0.15) is 11.1 Å². The van der Waals surface area contributed by atoms with E-state index in [2.05, 4.69) is 86.6 Å². The van der Waals surface area contributed by atoms with Crippen LogP contribution >= 0.6 is 0 Å². The van der Waals surface area contributed by atoms with Gasteiger partial charge in [0.25, 0.3) is 0 Å². The molecule has 0 bridgehead atoms. The van der Waals surface area contributed by atoms with E-state index in [1.165, 1.54) is 54.2 Å². The van der Waals surface area contributed by atoms with Gasteiger partial charge in [-0.2, -0.15) is 0 Å². The number of aryl methyl sites for hydroxylation is 2. The molecule has 0 aliphatic rings. The van der Waals surface area contributed by atoms with Crippen LogP contribution in [0.4, 0.5) is 0 Å². The number of rotatable bonds is 0. The summed E-state index contributed by atoms with van der Waals surface area (Å²) in [5.41, 5.74) is 2.62. The molecule has 0 atom stereocenters. The summed E-state index contributed by atoms with van der Waals surface area (Å²) in [7, 11) is 0. The highest BCUT2D eigenvalue weighted by molar-refractivity contribution is 6.08. The Bertz CT molecular complexity index is 1160. The third-order valence-corrected chi connectivity index (χ3v) is 5.02. The zero-order valence-corrected chi connectivity index (χ0v) is 13.9. The van der Waals surface area contributed by atoms with Crippen LogP contribution in [0.15, 0.2) is 72.8 Å². The summed E-state index contributed by atoms with van der Waals surface area (Å²) in [6, 6.07) is 27.2. The molecule has 5 rings (SSSR count). The summed E-state index contributed by atoms with van der Waals surface area (Å²) in [4.78, 5) is 0. The molecule has 114 valence electrons. The molecule has 5 aromatic rings. The highest BCUT2D eigenvalue weighted by Crippen LogP contribution is 2.30. The molecule has 24 heavy (non-hydrogen) atoms. The van der Waals surface area contributed by atoms with Gasteiger partial charge in [0, 0.05) is 0 Å². The molecule has 0 heterocycles. The van der Waals surface area contributed by atoms with Crippen molar-refractivity contribution in [1.29, 1.82) is 0 Å². The molecule has 0 radical (unpaired) electrons. The molecular formula is C24H18. The lowest BCUT2D eigenvalue weighted by Gasteiger charge is -2.08. The third-order valence-electron chi connectivity index (χ3n) is 5.02. The number of hydrogen-bond acceptors (Lipinski definition) is 0. The molecular weight excluding hydrogens is 288 g/mol. The summed E-state index contributed by atoms with van der Waals surface area (Å²) in [5, 5.41) is 10.5. The minimum Gasteiger partial charge on any atom is -0.0587 e. The van der Waals surface area contributed by atoms with Gasteiger partial charge < -0.3 is 0 Å². The molecule has 0 N–H and O–H groups in total. The van der Waals surface area contributed by atoms with Crippen molar-refractivity contribution in [3.05, 3.63) is 83.9 Å². The Morgan fingerprint density at radius 2 is 0.625 bits per heavy atom. The normalized spacial score (nSPS) is 11.8. The Balaban J connectivity index is 1.88. The minimum atomic E-state index is 1.31. The third kappa shape index (κ3) is 2.07. The second-order valence-corrected chi connectivity index (χ2v) is 6.95. The monoisotopic (exact) mass is 306 g/mol. The smallest absolute Gasteiger partial charge is 0.0171 e. The van der Waals surface area contributed by atoms with Gasteiger partial charge in [-0.3, -0.25) is 0 Å². The summed E-state index contributed by atoms with van der Waals surface area (Å²) >= 11 is 0. The van der Waals surface area contributed by atoms with Crippen LogP contribution in [-0.4, -0.2) is 0 Å². The first-order valence-electron chi connectivity index (χ1n) is 8.44. The standard InChI is InChI=1S/C24H18/c1-15-3-5-17-9-21-13-22-10-18-6-4-16(2)8-20(18)12-24(22)14-23(21)11-19(17)7-15/h3-14H,1-2H3. The van der Waals surface area contributed by atoms with E-state index in [1.807, 2.05) is 0 Å². The van der Waals surface area contributed by atoms with Crippen LogP contribution in [0.25, 0.3) is 43.1 Å². The summed E-state index contributed by atoms with van der Waals surface area (Å²) in [6.45, 7) is 4.30. The van der Waals surface area contributed by atoms with Crippen molar-refractivity contribution >= 4 is 43.1 Å². The van der Waals surface area contributed by atoms with E-state index in [0.717, 1.165) is 0 Å². The lowest BCUT2D eigenvalue weighted by molar-refractivity contribution is 1.51. The van der Waals surface area contributed by atoms with Crippen LogP contribution < -0.4 is 0 Å².